The fourth-order valence-corrected chi connectivity index (χ4v) is 1.78. The van der Waals surface area contributed by atoms with Gasteiger partial charge in [-0.25, -0.2) is 17.6 Å². The first-order chi connectivity index (χ1) is 8.50. The third-order valence-corrected chi connectivity index (χ3v) is 2.67. The van der Waals surface area contributed by atoms with Crippen LogP contribution in [-0.4, -0.2) is 0 Å². The molecule has 0 unspecified atom stereocenters. The summed E-state index contributed by atoms with van der Waals surface area (Å²) in [6.45, 7) is 1.35. The van der Waals surface area contributed by atoms with Gasteiger partial charge in [-0.1, -0.05) is 6.07 Å². The Morgan fingerprint density at radius 3 is 2.06 bits per heavy atom. The summed E-state index contributed by atoms with van der Waals surface area (Å²) in [5, 5.41) is 0. The molecule has 0 aliphatic rings. The molecule has 0 atom stereocenters. The molecule has 0 amide bonds. The summed E-state index contributed by atoms with van der Waals surface area (Å²) in [7, 11) is 0. The normalized spacial score (nSPS) is 11.0. The van der Waals surface area contributed by atoms with Crippen LogP contribution < -0.4 is 0 Å². The van der Waals surface area contributed by atoms with Crippen molar-refractivity contribution in [3.63, 3.8) is 0 Å². The Kier molecular flexibility index (Phi) is 3.36. The van der Waals surface area contributed by atoms with Crippen LogP contribution in [0.15, 0.2) is 36.4 Å². The number of hydrogen-bond acceptors (Lipinski definition) is 0. The van der Waals surface area contributed by atoms with Gasteiger partial charge in [0.15, 0.2) is 0 Å². The first-order valence-corrected chi connectivity index (χ1v) is 5.24. The van der Waals surface area contributed by atoms with Gasteiger partial charge >= 0.3 is 0 Å². The molecule has 0 saturated heterocycles. The smallest absolute Gasteiger partial charge is 0.130 e. The lowest BCUT2D eigenvalue weighted by atomic mass is 9.92. The largest absolute Gasteiger partial charge is 0.207 e. The molecule has 0 heterocycles. The lowest BCUT2D eigenvalue weighted by Crippen LogP contribution is -2.06. The first-order valence-electron chi connectivity index (χ1n) is 5.24. The molecule has 0 fully saturated rings. The minimum Gasteiger partial charge on any atom is -0.207 e. The van der Waals surface area contributed by atoms with E-state index in [1.54, 1.807) is 0 Å². The van der Waals surface area contributed by atoms with Crippen molar-refractivity contribution in [1.82, 2.24) is 0 Å². The van der Waals surface area contributed by atoms with Crippen molar-refractivity contribution in [3.05, 3.63) is 76.7 Å². The highest BCUT2D eigenvalue weighted by molar-refractivity contribution is 5.46. The molecule has 93 valence electrons. The zero-order chi connectivity index (χ0) is 13.3. The van der Waals surface area contributed by atoms with Gasteiger partial charge in [0.25, 0.3) is 0 Å². The van der Waals surface area contributed by atoms with Crippen LogP contribution in [0.25, 0.3) is 0 Å². The summed E-state index contributed by atoms with van der Waals surface area (Å²) in [5.74, 6) is -2.99. The van der Waals surface area contributed by atoms with Gasteiger partial charge in [0.1, 0.15) is 23.3 Å². The van der Waals surface area contributed by atoms with Gasteiger partial charge in [0, 0.05) is 17.0 Å². The van der Waals surface area contributed by atoms with Gasteiger partial charge < -0.3 is 0 Å². The summed E-state index contributed by atoms with van der Waals surface area (Å²) in [4.78, 5) is 0. The van der Waals surface area contributed by atoms with Crippen LogP contribution >= 0.6 is 0 Å². The van der Waals surface area contributed by atoms with E-state index in [0.29, 0.717) is 0 Å². The third kappa shape index (κ3) is 2.23. The number of halogens is 4. The van der Waals surface area contributed by atoms with Crippen LogP contribution in [-0.2, 0) is 0 Å². The molecule has 2 aromatic rings. The predicted octanol–water partition coefficient (Wildman–Crippen LogP) is 4.23. The van der Waals surface area contributed by atoms with Gasteiger partial charge in [0.2, 0.25) is 0 Å². The average Bonchev–Trinajstić information content (AvgIpc) is 2.32. The third-order valence-electron chi connectivity index (χ3n) is 2.67. The van der Waals surface area contributed by atoms with Crippen LogP contribution in [0, 0.1) is 29.2 Å². The zero-order valence-electron chi connectivity index (χ0n) is 9.48. The summed E-state index contributed by atoms with van der Waals surface area (Å²) < 4.78 is 53.7. The lowest BCUT2D eigenvalue weighted by Gasteiger charge is -2.14. The Balaban J connectivity index is 2.54. The van der Waals surface area contributed by atoms with Crippen LogP contribution in [0.4, 0.5) is 17.6 Å². The maximum atomic E-state index is 13.5. The highest BCUT2D eigenvalue weighted by atomic mass is 19.1. The second kappa shape index (κ2) is 4.80. The Morgan fingerprint density at radius 2 is 1.44 bits per heavy atom. The average molecular weight is 253 g/mol. The fraction of sp³-hybridized carbons (Fsp3) is 0.0714. The molecule has 0 spiro atoms. The van der Waals surface area contributed by atoms with Crippen molar-refractivity contribution in [2.45, 2.75) is 6.92 Å². The summed E-state index contributed by atoms with van der Waals surface area (Å²) in [6.07, 6.45) is 0. The summed E-state index contributed by atoms with van der Waals surface area (Å²) >= 11 is 0. The Labute approximate surface area is 102 Å². The molecular formula is C14H9F4. The van der Waals surface area contributed by atoms with E-state index in [1.165, 1.54) is 13.0 Å². The van der Waals surface area contributed by atoms with Crippen molar-refractivity contribution >= 4 is 0 Å². The van der Waals surface area contributed by atoms with E-state index in [1.807, 2.05) is 0 Å². The lowest BCUT2D eigenvalue weighted by molar-refractivity contribution is 0.559. The molecule has 0 aliphatic carbocycles. The molecule has 2 aromatic carbocycles. The molecule has 0 saturated carbocycles. The molecule has 2 rings (SSSR count). The number of hydrogen-bond donors (Lipinski definition) is 0. The van der Waals surface area contributed by atoms with E-state index in [0.717, 1.165) is 30.3 Å². The maximum Gasteiger partial charge on any atom is 0.130 e. The zero-order valence-corrected chi connectivity index (χ0v) is 9.48. The molecular weight excluding hydrogens is 244 g/mol. The fourth-order valence-electron chi connectivity index (χ4n) is 1.78. The van der Waals surface area contributed by atoms with Crippen molar-refractivity contribution < 1.29 is 17.6 Å². The second-order valence-electron chi connectivity index (χ2n) is 3.85. The van der Waals surface area contributed by atoms with E-state index in [4.69, 9.17) is 0 Å². The van der Waals surface area contributed by atoms with E-state index < -0.39 is 23.3 Å². The van der Waals surface area contributed by atoms with Gasteiger partial charge in [-0.15, -0.1) is 0 Å². The predicted molar refractivity (Wildman–Crippen MR) is 59.8 cm³/mol. The quantitative estimate of drug-likeness (QED) is 0.702. The van der Waals surface area contributed by atoms with Crippen LogP contribution in [0.1, 0.15) is 18.1 Å². The van der Waals surface area contributed by atoms with Crippen LogP contribution in [0.3, 0.4) is 0 Å². The van der Waals surface area contributed by atoms with E-state index in [9.17, 15) is 17.6 Å². The Bertz CT molecular complexity index is 558. The minimum absolute atomic E-state index is 0.0163. The molecule has 0 nitrogen and oxygen atoms in total. The minimum atomic E-state index is -0.809. The Hall–Kier alpha value is -1.84. The molecule has 0 N–H and O–H groups in total. The number of benzene rings is 2. The van der Waals surface area contributed by atoms with Crippen molar-refractivity contribution in [1.29, 1.82) is 0 Å². The second-order valence-corrected chi connectivity index (χ2v) is 3.85. The van der Waals surface area contributed by atoms with Crippen molar-refractivity contribution in [2.24, 2.45) is 0 Å². The van der Waals surface area contributed by atoms with Gasteiger partial charge in [-0.3, -0.25) is 0 Å². The Morgan fingerprint density at radius 1 is 0.833 bits per heavy atom. The monoisotopic (exact) mass is 253 g/mol. The molecule has 0 aliphatic heterocycles. The van der Waals surface area contributed by atoms with E-state index in [-0.39, 0.29) is 17.0 Å². The molecule has 1 radical (unpaired) electrons. The van der Waals surface area contributed by atoms with Crippen molar-refractivity contribution in [2.75, 3.05) is 0 Å². The molecule has 0 aromatic heterocycles. The molecule has 0 bridgehead atoms. The standard InChI is InChI=1S/C14H9F4/c1-8(10-7-9(15)5-6-11(10)16)14-12(17)3-2-4-13(14)18/h2-7H,1H3. The van der Waals surface area contributed by atoms with Crippen molar-refractivity contribution in [3.8, 4) is 0 Å². The summed E-state index contributed by atoms with van der Waals surface area (Å²) in [5.41, 5.74) is -0.499. The van der Waals surface area contributed by atoms with E-state index >= 15 is 0 Å². The van der Waals surface area contributed by atoms with Gasteiger partial charge in [0.05, 0.1) is 0 Å². The summed E-state index contributed by atoms with van der Waals surface area (Å²) in [6, 6.07) is 6.13. The highest BCUT2D eigenvalue weighted by Gasteiger charge is 2.21. The van der Waals surface area contributed by atoms with Crippen LogP contribution in [0.5, 0.6) is 0 Å². The first kappa shape index (κ1) is 12.6. The maximum absolute atomic E-state index is 13.5. The molecule has 4 heteroatoms. The SMILES string of the molecule is C[C](c1cc(F)ccc1F)c1c(F)cccc1F. The van der Waals surface area contributed by atoms with Crippen LogP contribution in [0.2, 0.25) is 0 Å². The van der Waals surface area contributed by atoms with Gasteiger partial charge in [-0.05, 0) is 37.3 Å². The highest BCUT2D eigenvalue weighted by Crippen LogP contribution is 2.29. The number of rotatable bonds is 2. The van der Waals surface area contributed by atoms with E-state index in [2.05, 4.69) is 0 Å². The molecule has 18 heavy (non-hydrogen) atoms. The van der Waals surface area contributed by atoms with Gasteiger partial charge in [-0.2, -0.15) is 0 Å². The topological polar surface area (TPSA) is 0 Å².